The van der Waals surface area contributed by atoms with E-state index >= 15 is 0 Å². The Bertz CT molecular complexity index is 301. The Morgan fingerprint density at radius 1 is 1.23 bits per heavy atom. The molecule has 0 spiro atoms. The summed E-state index contributed by atoms with van der Waals surface area (Å²) in [6.45, 7) is 6.30. The maximum absolute atomic E-state index is 4.18. The molecule has 1 aromatic rings. The molecule has 0 unspecified atom stereocenters. The van der Waals surface area contributed by atoms with Crippen LogP contribution >= 0.6 is 0 Å². The summed E-state index contributed by atoms with van der Waals surface area (Å²) >= 11 is 0. The van der Waals surface area contributed by atoms with Crippen LogP contribution in [0.1, 0.15) is 30.4 Å². The molecule has 0 heteroatoms. The van der Waals surface area contributed by atoms with Gasteiger partial charge in [0.25, 0.3) is 0 Å². The summed E-state index contributed by atoms with van der Waals surface area (Å²) < 4.78 is 0. The molecule has 0 N–H and O–H groups in total. The summed E-state index contributed by atoms with van der Waals surface area (Å²) in [5.41, 5.74) is 3.99. The van der Waals surface area contributed by atoms with E-state index in [1.165, 1.54) is 36.0 Å². The average Bonchev–Trinajstić information content (AvgIpc) is 2.02. The number of benzene rings is 1. The van der Waals surface area contributed by atoms with Gasteiger partial charge in [-0.2, -0.15) is 0 Å². The van der Waals surface area contributed by atoms with Gasteiger partial charge in [-0.3, -0.25) is 0 Å². The molecule has 0 amide bonds. The van der Waals surface area contributed by atoms with Crippen LogP contribution in [-0.2, 0) is 0 Å². The molecule has 0 nitrogen and oxygen atoms in total. The summed E-state index contributed by atoms with van der Waals surface area (Å²) in [4.78, 5) is 0. The predicted octanol–water partition coefficient (Wildman–Crippen LogP) is 3.81. The first-order chi connectivity index (χ1) is 6.27. The molecule has 1 aromatic carbocycles. The van der Waals surface area contributed by atoms with Gasteiger partial charge in [0.1, 0.15) is 0 Å². The standard InChI is InChI=1S/C13H16/c1-10-6-8-13(9-7-10)11(2)12-4-3-5-12/h6-9,12H,2-5H2,1H3. The lowest BCUT2D eigenvalue weighted by atomic mass is 9.78. The fraction of sp³-hybridized carbons (Fsp3) is 0.385. The van der Waals surface area contributed by atoms with Crippen molar-refractivity contribution in [3.63, 3.8) is 0 Å². The summed E-state index contributed by atoms with van der Waals surface area (Å²) in [5.74, 6) is 0.766. The number of hydrogen-bond donors (Lipinski definition) is 0. The second-order valence-electron chi connectivity index (χ2n) is 4.02. The maximum atomic E-state index is 4.18. The Morgan fingerprint density at radius 3 is 2.31 bits per heavy atom. The molecule has 0 radical (unpaired) electrons. The predicted molar refractivity (Wildman–Crippen MR) is 57.6 cm³/mol. The molecule has 1 aliphatic carbocycles. The molecule has 13 heavy (non-hydrogen) atoms. The van der Waals surface area contributed by atoms with Crippen LogP contribution in [-0.4, -0.2) is 0 Å². The summed E-state index contributed by atoms with van der Waals surface area (Å²) in [6.07, 6.45) is 4.06. The van der Waals surface area contributed by atoms with Gasteiger partial charge in [-0.05, 0) is 36.8 Å². The lowest BCUT2D eigenvalue weighted by Crippen LogP contribution is -2.12. The molecule has 0 saturated heterocycles. The van der Waals surface area contributed by atoms with Crippen LogP contribution in [0.4, 0.5) is 0 Å². The second kappa shape index (κ2) is 3.37. The van der Waals surface area contributed by atoms with E-state index < -0.39 is 0 Å². The lowest BCUT2D eigenvalue weighted by molar-refractivity contribution is 0.401. The highest BCUT2D eigenvalue weighted by atomic mass is 14.3. The average molecular weight is 172 g/mol. The molecule has 0 heterocycles. The fourth-order valence-electron chi connectivity index (χ4n) is 1.76. The third-order valence-corrected chi connectivity index (χ3v) is 3.02. The SMILES string of the molecule is C=C(c1ccc(C)cc1)C1CCC1. The van der Waals surface area contributed by atoms with Gasteiger partial charge >= 0.3 is 0 Å². The first-order valence-electron chi connectivity index (χ1n) is 5.03. The van der Waals surface area contributed by atoms with Gasteiger partial charge in [0.15, 0.2) is 0 Å². The molecule has 68 valence electrons. The zero-order chi connectivity index (χ0) is 9.26. The largest absolute Gasteiger partial charge is 0.0950 e. The molecule has 0 aliphatic heterocycles. The topological polar surface area (TPSA) is 0 Å². The Hall–Kier alpha value is -1.04. The minimum Gasteiger partial charge on any atom is -0.0950 e. The smallest absolute Gasteiger partial charge is 0.0162 e. The summed E-state index contributed by atoms with van der Waals surface area (Å²) in [7, 11) is 0. The molecule has 0 aromatic heterocycles. The first-order valence-corrected chi connectivity index (χ1v) is 5.03. The van der Waals surface area contributed by atoms with Crippen molar-refractivity contribution < 1.29 is 0 Å². The van der Waals surface area contributed by atoms with Gasteiger partial charge in [-0.15, -0.1) is 0 Å². The van der Waals surface area contributed by atoms with Crippen LogP contribution in [0.15, 0.2) is 30.8 Å². The summed E-state index contributed by atoms with van der Waals surface area (Å²) in [5, 5.41) is 0. The van der Waals surface area contributed by atoms with Crippen molar-refractivity contribution in [3.05, 3.63) is 42.0 Å². The van der Waals surface area contributed by atoms with Crippen molar-refractivity contribution in [2.24, 2.45) is 5.92 Å². The van der Waals surface area contributed by atoms with Crippen LogP contribution in [0.5, 0.6) is 0 Å². The van der Waals surface area contributed by atoms with E-state index in [4.69, 9.17) is 0 Å². The van der Waals surface area contributed by atoms with Crippen molar-refractivity contribution in [2.75, 3.05) is 0 Å². The van der Waals surface area contributed by atoms with Gasteiger partial charge in [-0.1, -0.05) is 42.8 Å². The van der Waals surface area contributed by atoms with E-state index in [1.807, 2.05) is 0 Å². The first kappa shape index (κ1) is 8.55. The number of aryl methyl sites for hydroxylation is 1. The van der Waals surface area contributed by atoms with Crippen LogP contribution in [0.2, 0.25) is 0 Å². The summed E-state index contributed by atoms with van der Waals surface area (Å²) in [6, 6.07) is 8.71. The van der Waals surface area contributed by atoms with Crippen molar-refractivity contribution in [1.82, 2.24) is 0 Å². The molecule has 0 atom stereocenters. The third kappa shape index (κ3) is 1.67. The van der Waals surface area contributed by atoms with Crippen LogP contribution in [0.3, 0.4) is 0 Å². The van der Waals surface area contributed by atoms with Gasteiger partial charge in [0.05, 0.1) is 0 Å². The highest BCUT2D eigenvalue weighted by molar-refractivity contribution is 5.66. The Labute approximate surface area is 80.3 Å². The van der Waals surface area contributed by atoms with Gasteiger partial charge in [0.2, 0.25) is 0 Å². The van der Waals surface area contributed by atoms with E-state index in [9.17, 15) is 0 Å². The zero-order valence-corrected chi connectivity index (χ0v) is 8.22. The van der Waals surface area contributed by atoms with E-state index in [0.717, 1.165) is 5.92 Å². The van der Waals surface area contributed by atoms with E-state index in [0.29, 0.717) is 0 Å². The molecule has 0 bridgehead atoms. The Kier molecular flexibility index (Phi) is 2.22. The number of allylic oxidation sites excluding steroid dienone is 1. The van der Waals surface area contributed by atoms with Gasteiger partial charge < -0.3 is 0 Å². The molecular formula is C13H16. The monoisotopic (exact) mass is 172 g/mol. The minimum absolute atomic E-state index is 0.766. The van der Waals surface area contributed by atoms with E-state index in [2.05, 4.69) is 37.8 Å². The second-order valence-corrected chi connectivity index (χ2v) is 4.02. The van der Waals surface area contributed by atoms with Crippen molar-refractivity contribution in [1.29, 1.82) is 0 Å². The van der Waals surface area contributed by atoms with Crippen LogP contribution in [0, 0.1) is 12.8 Å². The van der Waals surface area contributed by atoms with E-state index in [-0.39, 0.29) is 0 Å². The highest BCUT2D eigenvalue weighted by Gasteiger charge is 2.20. The zero-order valence-electron chi connectivity index (χ0n) is 8.22. The van der Waals surface area contributed by atoms with Crippen molar-refractivity contribution >= 4 is 5.57 Å². The third-order valence-electron chi connectivity index (χ3n) is 3.02. The van der Waals surface area contributed by atoms with Crippen molar-refractivity contribution in [3.8, 4) is 0 Å². The molecule has 1 aliphatic rings. The fourth-order valence-corrected chi connectivity index (χ4v) is 1.76. The normalized spacial score (nSPS) is 16.7. The molecule has 1 fully saturated rings. The Morgan fingerprint density at radius 2 is 1.85 bits per heavy atom. The van der Waals surface area contributed by atoms with Crippen molar-refractivity contribution in [2.45, 2.75) is 26.2 Å². The molecule has 2 rings (SSSR count). The highest BCUT2D eigenvalue weighted by Crippen LogP contribution is 2.37. The Balaban J connectivity index is 2.15. The van der Waals surface area contributed by atoms with Crippen LogP contribution < -0.4 is 0 Å². The van der Waals surface area contributed by atoms with Gasteiger partial charge in [-0.25, -0.2) is 0 Å². The molecule has 1 saturated carbocycles. The quantitative estimate of drug-likeness (QED) is 0.636. The molecular weight excluding hydrogens is 156 g/mol. The number of hydrogen-bond acceptors (Lipinski definition) is 0. The van der Waals surface area contributed by atoms with Crippen LogP contribution in [0.25, 0.3) is 5.57 Å². The van der Waals surface area contributed by atoms with E-state index in [1.54, 1.807) is 0 Å². The van der Waals surface area contributed by atoms with Gasteiger partial charge in [0, 0.05) is 0 Å². The lowest BCUT2D eigenvalue weighted by Gasteiger charge is -2.27. The number of rotatable bonds is 2. The maximum Gasteiger partial charge on any atom is -0.0162 e. The minimum atomic E-state index is 0.766.